The van der Waals surface area contributed by atoms with Crippen LogP contribution < -0.4 is 20.5 Å². The molecule has 242 valence electrons. The molecule has 2 aromatic carbocycles. The van der Waals surface area contributed by atoms with Gasteiger partial charge in [0, 0.05) is 28.3 Å². The number of ether oxygens (including phenoxy) is 2. The van der Waals surface area contributed by atoms with E-state index in [1.165, 1.54) is 26.2 Å². The van der Waals surface area contributed by atoms with Gasteiger partial charge in [-0.25, -0.2) is 13.8 Å². The number of hydrogen-bond acceptors (Lipinski definition) is 7. The molecular formula is C30H25ClF5N5O5. The first kappa shape index (κ1) is 31.5. The van der Waals surface area contributed by atoms with Gasteiger partial charge >= 0.3 is 6.18 Å². The van der Waals surface area contributed by atoms with Crippen LogP contribution in [0.1, 0.15) is 47.4 Å². The minimum atomic E-state index is -5.49. The molecule has 1 saturated carbocycles. The summed E-state index contributed by atoms with van der Waals surface area (Å²) >= 11 is 5.66. The van der Waals surface area contributed by atoms with E-state index in [-0.39, 0.29) is 28.7 Å². The molecule has 0 saturated heterocycles. The second kappa shape index (κ2) is 10.8. The minimum absolute atomic E-state index is 0.0831. The SMILES string of the molecule is COc1cc(C(=O)NCC(O)(c2cc3c(c(-c4cc(F)c(Cl)cc4F)n2)OC[C@]3(C)C(N)=O)C(F)(F)F)cc2cn(C3CC3)nc12. The zero-order valence-electron chi connectivity index (χ0n) is 24.1. The topological polar surface area (TPSA) is 142 Å². The van der Waals surface area contributed by atoms with E-state index < -0.39 is 75.8 Å². The molecule has 1 unspecified atom stereocenters. The Kier molecular flexibility index (Phi) is 7.39. The van der Waals surface area contributed by atoms with E-state index in [1.807, 2.05) is 0 Å². The molecule has 2 aromatic heterocycles. The summed E-state index contributed by atoms with van der Waals surface area (Å²) in [6.07, 6.45) is -1.92. The minimum Gasteiger partial charge on any atom is -0.494 e. The van der Waals surface area contributed by atoms with Crippen molar-refractivity contribution >= 4 is 34.3 Å². The molecular weight excluding hydrogens is 641 g/mol. The molecule has 1 fully saturated rings. The van der Waals surface area contributed by atoms with Crippen molar-refractivity contribution in [1.29, 1.82) is 0 Å². The fourth-order valence-corrected chi connectivity index (χ4v) is 5.42. The Balaban J connectivity index is 1.43. The molecule has 6 rings (SSSR count). The van der Waals surface area contributed by atoms with Crippen LogP contribution in [0.4, 0.5) is 22.0 Å². The van der Waals surface area contributed by atoms with Crippen LogP contribution in [-0.4, -0.2) is 58.1 Å². The lowest BCUT2D eigenvalue weighted by atomic mass is 9.81. The van der Waals surface area contributed by atoms with Gasteiger partial charge in [0.2, 0.25) is 11.5 Å². The van der Waals surface area contributed by atoms with Gasteiger partial charge in [-0.2, -0.15) is 18.3 Å². The van der Waals surface area contributed by atoms with Crippen molar-refractivity contribution in [3.05, 3.63) is 70.0 Å². The van der Waals surface area contributed by atoms with Gasteiger partial charge in [-0.3, -0.25) is 14.3 Å². The Hall–Kier alpha value is -4.50. The first-order valence-corrected chi connectivity index (χ1v) is 14.2. The Morgan fingerprint density at radius 1 is 1.20 bits per heavy atom. The lowest BCUT2D eigenvalue weighted by molar-refractivity contribution is -0.265. The number of aliphatic hydroxyl groups is 1. The van der Waals surface area contributed by atoms with Gasteiger partial charge in [0.25, 0.3) is 5.91 Å². The van der Waals surface area contributed by atoms with Crippen LogP contribution in [0, 0.1) is 11.6 Å². The number of halogens is 6. The van der Waals surface area contributed by atoms with Gasteiger partial charge < -0.3 is 25.6 Å². The Morgan fingerprint density at radius 2 is 1.91 bits per heavy atom. The summed E-state index contributed by atoms with van der Waals surface area (Å²) in [6, 6.07) is 4.86. The zero-order chi connectivity index (χ0) is 33.3. The number of nitrogens with two attached hydrogens (primary N) is 1. The molecule has 0 spiro atoms. The number of nitrogens with zero attached hydrogens (tertiary/aromatic N) is 3. The smallest absolute Gasteiger partial charge is 0.424 e. The van der Waals surface area contributed by atoms with Gasteiger partial charge in [-0.15, -0.1) is 0 Å². The van der Waals surface area contributed by atoms with Crippen molar-refractivity contribution in [3.63, 3.8) is 0 Å². The van der Waals surface area contributed by atoms with E-state index >= 15 is 4.39 Å². The third-order valence-corrected chi connectivity index (χ3v) is 8.56. The molecule has 4 N–H and O–H groups in total. The van der Waals surface area contributed by atoms with Crippen LogP contribution in [0.15, 0.2) is 36.5 Å². The number of carbonyl (C=O) groups is 2. The molecule has 4 aromatic rings. The summed E-state index contributed by atoms with van der Waals surface area (Å²) in [5.74, 6) is -4.43. The molecule has 10 nitrogen and oxygen atoms in total. The summed E-state index contributed by atoms with van der Waals surface area (Å²) in [5, 5.41) is 17.7. The molecule has 2 amide bonds. The van der Waals surface area contributed by atoms with Crippen molar-refractivity contribution in [3.8, 4) is 22.8 Å². The largest absolute Gasteiger partial charge is 0.494 e. The number of aromatic nitrogens is 3. The summed E-state index contributed by atoms with van der Waals surface area (Å²) in [5.41, 5.74) is -2.42. The van der Waals surface area contributed by atoms with Crippen molar-refractivity contribution in [2.24, 2.45) is 5.73 Å². The highest BCUT2D eigenvalue weighted by atomic mass is 35.5. The van der Waals surface area contributed by atoms with Gasteiger partial charge in [-0.1, -0.05) is 11.6 Å². The maximum absolute atomic E-state index is 15.1. The standard InChI is InChI=1S/C30H25ClF5N5O5/c1-28(27(37)43)12-46-25-17(28)8-22(39-24(25)16-7-20(33)18(31)9-19(16)32)29(44,30(34,35)36)11-38-26(42)13-5-14-10-41(15-3-4-15)40-23(14)21(6-13)45-2/h5-10,15,44H,3-4,11-12H2,1-2H3,(H2,37,43)(H,38,42)/t28-,29?/m0/s1. The average molecular weight is 666 g/mol. The number of amides is 2. The maximum Gasteiger partial charge on any atom is 0.424 e. The fraction of sp³-hybridized carbons (Fsp3) is 0.333. The number of benzene rings is 2. The van der Waals surface area contributed by atoms with Gasteiger partial charge in [-0.05, 0) is 50.1 Å². The number of fused-ring (bicyclic) bond motifs is 2. The highest BCUT2D eigenvalue weighted by Crippen LogP contribution is 2.48. The van der Waals surface area contributed by atoms with Crippen LogP contribution in [0.25, 0.3) is 22.2 Å². The lowest BCUT2D eigenvalue weighted by Crippen LogP contribution is -2.51. The van der Waals surface area contributed by atoms with E-state index in [1.54, 1.807) is 10.9 Å². The summed E-state index contributed by atoms with van der Waals surface area (Å²) in [7, 11) is 1.35. The van der Waals surface area contributed by atoms with E-state index in [0.717, 1.165) is 18.9 Å². The molecule has 16 heteroatoms. The van der Waals surface area contributed by atoms with Crippen molar-refractivity contribution in [1.82, 2.24) is 20.1 Å². The van der Waals surface area contributed by atoms with Gasteiger partial charge in [0.05, 0.1) is 30.4 Å². The predicted molar refractivity (Wildman–Crippen MR) is 153 cm³/mol. The molecule has 0 radical (unpaired) electrons. The van der Waals surface area contributed by atoms with Crippen molar-refractivity contribution in [2.45, 2.75) is 43.0 Å². The maximum atomic E-state index is 15.1. The first-order chi connectivity index (χ1) is 21.6. The van der Waals surface area contributed by atoms with Crippen LogP contribution in [0.5, 0.6) is 11.5 Å². The molecule has 1 aliphatic carbocycles. The van der Waals surface area contributed by atoms with Crippen LogP contribution in [0.3, 0.4) is 0 Å². The van der Waals surface area contributed by atoms with E-state index in [0.29, 0.717) is 23.0 Å². The van der Waals surface area contributed by atoms with E-state index in [4.69, 9.17) is 26.8 Å². The number of pyridine rings is 1. The molecule has 3 heterocycles. The summed E-state index contributed by atoms with van der Waals surface area (Å²) in [6.45, 7) is -0.652. The molecule has 1 aliphatic heterocycles. The third-order valence-electron chi connectivity index (χ3n) is 8.27. The molecule has 0 bridgehead atoms. The monoisotopic (exact) mass is 665 g/mol. The van der Waals surface area contributed by atoms with Gasteiger partial charge in [0.15, 0.2) is 0 Å². The number of primary amides is 1. The normalized spacial score (nSPS) is 19.0. The number of rotatable bonds is 8. The van der Waals surface area contributed by atoms with E-state index in [2.05, 4.69) is 15.4 Å². The van der Waals surface area contributed by atoms with Gasteiger partial charge in [0.1, 0.15) is 46.4 Å². The second-order valence-corrected chi connectivity index (χ2v) is 11.9. The number of carbonyl (C=O) groups excluding carboxylic acids is 2. The quantitative estimate of drug-likeness (QED) is 0.183. The zero-order valence-corrected chi connectivity index (χ0v) is 24.9. The Bertz CT molecular complexity index is 1930. The molecule has 2 atom stereocenters. The highest BCUT2D eigenvalue weighted by Gasteiger charge is 2.58. The lowest BCUT2D eigenvalue weighted by Gasteiger charge is -2.31. The summed E-state index contributed by atoms with van der Waals surface area (Å²) in [4.78, 5) is 29.5. The van der Waals surface area contributed by atoms with Crippen LogP contribution in [0.2, 0.25) is 5.02 Å². The van der Waals surface area contributed by atoms with Crippen molar-refractivity contribution in [2.75, 3.05) is 20.3 Å². The third kappa shape index (κ3) is 5.07. The molecule has 46 heavy (non-hydrogen) atoms. The van der Waals surface area contributed by atoms with Crippen molar-refractivity contribution < 1.29 is 46.1 Å². The first-order valence-electron chi connectivity index (χ1n) is 13.8. The Labute approximate surface area is 262 Å². The van der Waals surface area contributed by atoms with Crippen LogP contribution >= 0.6 is 11.6 Å². The summed E-state index contributed by atoms with van der Waals surface area (Å²) < 4.78 is 86.3. The van der Waals surface area contributed by atoms with E-state index in [9.17, 15) is 32.3 Å². The number of hydrogen-bond donors (Lipinski definition) is 3. The Morgan fingerprint density at radius 3 is 2.54 bits per heavy atom. The number of methoxy groups -OCH3 is 1. The highest BCUT2D eigenvalue weighted by molar-refractivity contribution is 6.30. The molecule has 2 aliphatic rings. The average Bonchev–Trinajstić information content (AvgIpc) is 3.67. The predicted octanol–water partition coefficient (Wildman–Crippen LogP) is 4.69. The second-order valence-electron chi connectivity index (χ2n) is 11.5. The van der Waals surface area contributed by atoms with Crippen LogP contribution in [-0.2, 0) is 15.8 Å². The number of alkyl halides is 3. The number of nitrogens with one attached hydrogen (secondary N) is 1. The fourth-order valence-electron chi connectivity index (χ4n) is 5.27.